The van der Waals surface area contributed by atoms with Gasteiger partial charge in [0.2, 0.25) is 0 Å². The first-order valence-corrected chi connectivity index (χ1v) is 5.50. The van der Waals surface area contributed by atoms with Crippen LogP contribution in [0.2, 0.25) is 0 Å². The van der Waals surface area contributed by atoms with Gasteiger partial charge in [-0.2, -0.15) is 0 Å². The number of halogens is 1. The quantitative estimate of drug-likeness (QED) is 0.784. The van der Waals surface area contributed by atoms with Crippen molar-refractivity contribution in [3.8, 4) is 0 Å². The van der Waals surface area contributed by atoms with Crippen LogP contribution in [-0.2, 0) is 0 Å². The van der Waals surface area contributed by atoms with E-state index in [1.807, 2.05) is 18.2 Å². The van der Waals surface area contributed by atoms with Gasteiger partial charge in [-0.15, -0.1) is 11.3 Å². The summed E-state index contributed by atoms with van der Waals surface area (Å²) in [4.78, 5) is 22.0. The number of thiophene rings is 1. The van der Waals surface area contributed by atoms with Crippen molar-refractivity contribution in [2.45, 2.75) is 0 Å². The Kier molecular flexibility index (Phi) is 2.48. The molecule has 1 aromatic carbocycles. The van der Waals surface area contributed by atoms with E-state index in [0.29, 0.717) is 10.4 Å². The fraction of sp³-hybridized carbons (Fsp3) is 0. The van der Waals surface area contributed by atoms with Crippen molar-refractivity contribution < 1.29 is 9.59 Å². The molecule has 0 aliphatic rings. The second-order valence-corrected chi connectivity index (χ2v) is 4.67. The Labute approximate surface area is 92.7 Å². The average Bonchev–Trinajstić information content (AvgIpc) is 2.56. The number of rotatable bonds is 2. The molecule has 70 valence electrons. The number of hydrogen-bond donors (Lipinski definition) is 0. The number of benzene rings is 1. The zero-order valence-electron chi connectivity index (χ0n) is 6.99. The number of carbonyl (C=O) groups is 2. The van der Waals surface area contributed by atoms with E-state index in [0.717, 1.165) is 27.1 Å². The molecular formula is C10H5BrO2S. The highest BCUT2D eigenvalue weighted by atomic mass is 79.9. The van der Waals surface area contributed by atoms with Crippen LogP contribution in [0.25, 0.3) is 10.1 Å². The standard InChI is InChI=1S/C10H5BrO2S/c11-7-2-1-3-8-10(7)6(4-12)9(5-13)14-8/h1-5H. The largest absolute Gasteiger partial charge is 0.298 e. The lowest BCUT2D eigenvalue weighted by molar-refractivity contribution is 0.109. The average molecular weight is 269 g/mol. The molecule has 0 fully saturated rings. The van der Waals surface area contributed by atoms with Crippen LogP contribution in [0.15, 0.2) is 22.7 Å². The van der Waals surface area contributed by atoms with Gasteiger partial charge in [0.05, 0.1) is 4.88 Å². The predicted octanol–water partition coefficient (Wildman–Crippen LogP) is 3.29. The lowest BCUT2D eigenvalue weighted by atomic mass is 10.1. The van der Waals surface area contributed by atoms with Crippen LogP contribution in [0, 0.1) is 0 Å². The van der Waals surface area contributed by atoms with Gasteiger partial charge in [0.25, 0.3) is 0 Å². The van der Waals surface area contributed by atoms with Crippen molar-refractivity contribution in [2.75, 3.05) is 0 Å². The Morgan fingerprint density at radius 1 is 1.21 bits per heavy atom. The first kappa shape index (κ1) is 9.55. The van der Waals surface area contributed by atoms with Gasteiger partial charge in [0, 0.05) is 20.1 Å². The molecule has 2 nitrogen and oxygen atoms in total. The highest BCUT2D eigenvalue weighted by molar-refractivity contribution is 9.10. The third-order valence-corrected chi connectivity index (χ3v) is 3.71. The molecule has 0 bridgehead atoms. The van der Waals surface area contributed by atoms with Gasteiger partial charge in [-0.3, -0.25) is 9.59 Å². The van der Waals surface area contributed by atoms with E-state index >= 15 is 0 Å². The van der Waals surface area contributed by atoms with Crippen molar-refractivity contribution in [3.05, 3.63) is 33.1 Å². The van der Waals surface area contributed by atoms with E-state index in [1.165, 1.54) is 11.3 Å². The Hall–Kier alpha value is -1.00. The minimum Gasteiger partial charge on any atom is -0.298 e. The van der Waals surface area contributed by atoms with E-state index in [4.69, 9.17) is 0 Å². The van der Waals surface area contributed by atoms with Crippen LogP contribution >= 0.6 is 27.3 Å². The van der Waals surface area contributed by atoms with Crippen LogP contribution in [0.4, 0.5) is 0 Å². The molecule has 0 aliphatic carbocycles. The first-order chi connectivity index (χ1) is 6.77. The molecule has 1 aromatic heterocycles. The van der Waals surface area contributed by atoms with Crippen LogP contribution < -0.4 is 0 Å². The van der Waals surface area contributed by atoms with Crippen LogP contribution in [-0.4, -0.2) is 12.6 Å². The summed E-state index contributed by atoms with van der Waals surface area (Å²) in [5.74, 6) is 0. The molecule has 4 heteroatoms. The maximum Gasteiger partial charge on any atom is 0.160 e. The van der Waals surface area contributed by atoms with Gasteiger partial charge in [-0.05, 0) is 12.1 Å². The molecule has 0 aliphatic heterocycles. The summed E-state index contributed by atoms with van der Waals surface area (Å²) in [6.07, 6.45) is 1.45. The number of fused-ring (bicyclic) bond motifs is 1. The van der Waals surface area contributed by atoms with Gasteiger partial charge in [0.1, 0.15) is 0 Å². The molecule has 0 spiro atoms. The normalized spacial score (nSPS) is 10.4. The van der Waals surface area contributed by atoms with Crippen molar-refractivity contribution in [2.24, 2.45) is 0 Å². The van der Waals surface area contributed by atoms with Gasteiger partial charge in [-0.25, -0.2) is 0 Å². The van der Waals surface area contributed by atoms with E-state index in [1.54, 1.807) is 0 Å². The summed E-state index contributed by atoms with van der Waals surface area (Å²) in [5.41, 5.74) is 0.479. The molecule has 0 unspecified atom stereocenters. The van der Waals surface area contributed by atoms with Crippen LogP contribution in [0.5, 0.6) is 0 Å². The predicted molar refractivity (Wildman–Crippen MR) is 60.3 cm³/mol. The summed E-state index contributed by atoms with van der Waals surface area (Å²) < 4.78 is 1.80. The number of carbonyl (C=O) groups excluding carboxylic acids is 2. The van der Waals surface area contributed by atoms with Crippen molar-refractivity contribution in [1.82, 2.24) is 0 Å². The molecule has 0 amide bonds. The zero-order valence-corrected chi connectivity index (χ0v) is 9.39. The lowest BCUT2D eigenvalue weighted by Gasteiger charge is -1.93. The Bertz CT molecular complexity index is 516. The highest BCUT2D eigenvalue weighted by Gasteiger charge is 2.12. The molecule has 0 radical (unpaired) electrons. The summed E-state index contributed by atoms with van der Waals surface area (Å²) in [6.45, 7) is 0. The summed E-state index contributed by atoms with van der Waals surface area (Å²) in [5, 5.41) is 0.828. The van der Waals surface area contributed by atoms with Crippen molar-refractivity contribution in [3.63, 3.8) is 0 Å². The fourth-order valence-electron chi connectivity index (χ4n) is 1.35. The second-order valence-electron chi connectivity index (χ2n) is 2.73. The van der Waals surface area contributed by atoms with Crippen LogP contribution in [0.1, 0.15) is 20.0 Å². The molecule has 2 aromatic rings. The molecule has 0 saturated heterocycles. The third-order valence-electron chi connectivity index (χ3n) is 1.95. The minimum atomic E-state index is 0.479. The van der Waals surface area contributed by atoms with E-state index in [9.17, 15) is 9.59 Å². The number of hydrogen-bond acceptors (Lipinski definition) is 3. The molecule has 0 saturated carbocycles. The second kappa shape index (κ2) is 3.63. The summed E-state index contributed by atoms with van der Waals surface area (Å²) >= 11 is 4.70. The maximum absolute atomic E-state index is 10.8. The topological polar surface area (TPSA) is 34.1 Å². The maximum atomic E-state index is 10.8. The van der Waals surface area contributed by atoms with Gasteiger partial charge >= 0.3 is 0 Å². The molecule has 1 heterocycles. The van der Waals surface area contributed by atoms with Gasteiger partial charge in [0.15, 0.2) is 12.6 Å². The van der Waals surface area contributed by atoms with E-state index in [2.05, 4.69) is 15.9 Å². The SMILES string of the molecule is O=Cc1sc2cccc(Br)c2c1C=O. The fourth-order valence-corrected chi connectivity index (χ4v) is 3.08. The molecule has 0 atom stereocenters. The van der Waals surface area contributed by atoms with E-state index in [-0.39, 0.29) is 0 Å². The minimum absolute atomic E-state index is 0.479. The Morgan fingerprint density at radius 2 is 2.00 bits per heavy atom. The van der Waals surface area contributed by atoms with Crippen molar-refractivity contribution in [1.29, 1.82) is 0 Å². The molecular weight excluding hydrogens is 264 g/mol. The van der Waals surface area contributed by atoms with E-state index < -0.39 is 0 Å². The first-order valence-electron chi connectivity index (χ1n) is 3.89. The molecule has 0 N–H and O–H groups in total. The number of aldehydes is 2. The third kappa shape index (κ3) is 1.31. The summed E-state index contributed by atoms with van der Waals surface area (Å²) in [6, 6.07) is 5.63. The highest BCUT2D eigenvalue weighted by Crippen LogP contribution is 2.34. The Morgan fingerprint density at radius 3 is 2.64 bits per heavy atom. The molecule has 2 rings (SSSR count). The molecule has 14 heavy (non-hydrogen) atoms. The Balaban J connectivity index is 2.95. The van der Waals surface area contributed by atoms with Crippen LogP contribution in [0.3, 0.4) is 0 Å². The van der Waals surface area contributed by atoms with Gasteiger partial charge in [-0.1, -0.05) is 22.0 Å². The zero-order chi connectivity index (χ0) is 10.1. The lowest BCUT2D eigenvalue weighted by Crippen LogP contribution is -1.83. The summed E-state index contributed by atoms with van der Waals surface area (Å²) in [7, 11) is 0. The monoisotopic (exact) mass is 268 g/mol. The van der Waals surface area contributed by atoms with Crippen molar-refractivity contribution >= 4 is 49.9 Å². The smallest absolute Gasteiger partial charge is 0.160 e. The van der Waals surface area contributed by atoms with Gasteiger partial charge < -0.3 is 0 Å².